The molecule has 1 N–H and O–H groups in total. The molecule has 0 spiro atoms. The number of hydrogen-bond donors (Lipinski definition) is 1. The average Bonchev–Trinajstić information content (AvgIpc) is 2.46. The molecule has 1 aromatic carbocycles. The highest BCUT2D eigenvalue weighted by molar-refractivity contribution is 5.97. The highest BCUT2D eigenvalue weighted by Crippen LogP contribution is 2.28. The van der Waals surface area contributed by atoms with E-state index in [0.29, 0.717) is 19.4 Å². The second kappa shape index (κ2) is 7.38. The Morgan fingerprint density at radius 3 is 2.91 bits per heavy atom. The molecule has 1 aromatic rings. The van der Waals surface area contributed by atoms with Gasteiger partial charge in [0.2, 0.25) is 11.8 Å². The number of aryl methyl sites for hydroxylation is 1. The number of nitrogens with one attached hydrogen (secondary N) is 1. The number of hydrogen-bond acceptors (Lipinski definition) is 2. The van der Waals surface area contributed by atoms with Crippen LogP contribution >= 0.6 is 0 Å². The van der Waals surface area contributed by atoms with E-state index in [1.54, 1.807) is 11.0 Å². The lowest BCUT2D eigenvalue weighted by atomic mass is 10.0. The summed E-state index contributed by atoms with van der Waals surface area (Å²) in [5.41, 5.74) is 1.56. The number of carbonyl (C=O) groups is 2. The Bertz CT molecular complexity index is 560. The Kier molecular flexibility index (Phi) is 5.52. The molecule has 0 saturated heterocycles. The zero-order valence-corrected chi connectivity index (χ0v) is 13.2. The van der Waals surface area contributed by atoms with Crippen molar-refractivity contribution in [3.05, 3.63) is 29.6 Å². The van der Waals surface area contributed by atoms with E-state index in [2.05, 4.69) is 12.2 Å². The van der Waals surface area contributed by atoms with Crippen LogP contribution in [0.5, 0.6) is 0 Å². The number of rotatable bonds is 6. The summed E-state index contributed by atoms with van der Waals surface area (Å²) in [6.07, 6.45) is 3.14. The van der Waals surface area contributed by atoms with Crippen molar-refractivity contribution in [1.82, 2.24) is 5.32 Å². The van der Waals surface area contributed by atoms with Crippen LogP contribution in [-0.2, 0) is 16.0 Å². The maximum atomic E-state index is 13.3. The lowest BCUT2D eigenvalue weighted by molar-refractivity contribution is -0.121. The average molecular weight is 306 g/mol. The third-order valence-corrected chi connectivity index (χ3v) is 3.93. The molecule has 1 atom stereocenters. The Balaban J connectivity index is 1.98. The van der Waals surface area contributed by atoms with Gasteiger partial charge in [-0.2, -0.15) is 0 Å². The molecule has 22 heavy (non-hydrogen) atoms. The van der Waals surface area contributed by atoms with E-state index in [1.165, 1.54) is 12.1 Å². The van der Waals surface area contributed by atoms with E-state index >= 15 is 0 Å². The predicted octanol–water partition coefficient (Wildman–Crippen LogP) is 2.80. The van der Waals surface area contributed by atoms with Crippen LogP contribution in [0.15, 0.2) is 18.2 Å². The van der Waals surface area contributed by atoms with Crippen molar-refractivity contribution in [2.75, 3.05) is 11.4 Å². The summed E-state index contributed by atoms with van der Waals surface area (Å²) in [6, 6.07) is 4.60. The fourth-order valence-electron chi connectivity index (χ4n) is 2.84. The van der Waals surface area contributed by atoms with Crippen molar-refractivity contribution in [2.45, 2.75) is 52.0 Å². The van der Waals surface area contributed by atoms with Crippen molar-refractivity contribution in [3.63, 3.8) is 0 Å². The second-order valence-electron chi connectivity index (χ2n) is 5.83. The Morgan fingerprint density at radius 2 is 2.18 bits per heavy atom. The number of halogens is 1. The molecule has 2 rings (SSSR count). The molecule has 0 saturated carbocycles. The van der Waals surface area contributed by atoms with E-state index in [9.17, 15) is 14.0 Å². The molecule has 1 aliphatic heterocycles. The van der Waals surface area contributed by atoms with Crippen LogP contribution in [0.25, 0.3) is 0 Å². The Labute approximate surface area is 130 Å². The molecule has 0 radical (unpaired) electrons. The summed E-state index contributed by atoms with van der Waals surface area (Å²) in [7, 11) is 0. The molecular weight excluding hydrogens is 283 g/mol. The second-order valence-corrected chi connectivity index (χ2v) is 5.83. The lowest BCUT2D eigenvalue weighted by Crippen LogP contribution is -2.39. The molecule has 1 heterocycles. The van der Waals surface area contributed by atoms with Crippen molar-refractivity contribution >= 4 is 17.5 Å². The zero-order valence-electron chi connectivity index (χ0n) is 13.2. The Hall–Kier alpha value is -1.91. The van der Waals surface area contributed by atoms with Crippen molar-refractivity contribution < 1.29 is 14.0 Å². The van der Waals surface area contributed by atoms with E-state index in [0.717, 1.165) is 24.1 Å². The summed E-state index contributed by atoms with van der Waals surface area (Å²) in [5.74, 6) is -0.351. The molecule has 2 amide bonds. The number of nitrogens with zero attached hydrogens (tertiary/aromatic N) is 1. The van der Waals surface area contributed by atoms with Crippen molar-refractivity contribution in [3.8, 4) is 0 Å². The summed E-state index contributed by atoms with van der Waals surface area (Å²) in [5, 5.41) is 2.93. The van der Waals surface area contributed by atoms with Crippen LogP contribution in [0.2, 0.25) is 0 Å². The maximum Gasteiger partial charge on any atom is 0.227 e. The minimum atomic E-state index is -0.292. The van der Waals surface area contributed by atoms with Gasteiger partial charge in [0, 0.05) is 31.1 Å². The van der Waals surface area contributed by atoms with Crippen LogP contribution in [0.4, 0.5) is 10.1 Å². The third kappa shape index (κ3) is 4.06. The highest BCUT2D eigenvalue weighted by Gasteiger charge is 2.24. The summed E-state index contributed by atoms with van der Waals surface area (Å²) in [6.45, 7) is 4.39. The highest BCUT2D eigenvalue weighted by atomic mass is 19.1. The normalized spacial score (nSPS) is 15.4. The smallest absolute Gasteiger partial charge is 0.227 e. The molecule has 0 fully saturated rings. The van der Waals surface area contributed by atoms with Crippen LogP contribution in [-0.4, -0.2) is 24.4 Å². The molecule has 0 aliphatic carbocycles. The van der Waals surface area contributed by atoms with Crippen molar-refractivity contribution in [2.24, 2.45) is 0 Å². The van der Waals surface area contributed by atoms with Crippen LogP contribution < -0.4 is 10.2 Å². The van der Waals surface area contributed by atoms with Crippen LogP contribution in [0.1, 0.15) is 45.1 Å². The van der Waals surface area contributed by atoms with Crippen molar-refractivity contribution in [1.29, 1.82) is 0 Å². The maximum absolute atomic E-state index is 13.3. The number of fused-ring (bicyclic) bond motifs is 1. The van der Waals surface area contributed by atoms with Gasteiger partial charge in [0.05, 0.1) is 0 Å². The number of carbonyl (C=O) groups excluding carboxylic acids is 2. The van der Waals surface area contributed by atoms with E-state index in [-0.39, 0.29) is 30.1 Å². The molecule has 0 unspecified atom stereocenters. The van der Waals surface area contributed by atoms with Gasteiger partial charge in [0.1, 0.15) is 5.82 Å². The van der Waals surface area contributed by atoms with Gasteiger partial charge in [0.25, 0.3) is 0 Å². The summed E-state index contributed by atoms with van der Waals surface area (Å²) in [4.78, 5) is 25.6. The van der Waals surface area contributed by atoms with Gasteiger partial charge in [0.15, 0.2) is 0 Å². The standard InChI is InChI=1S/C17H23FN2O2/c1-3-4-12(2)19-16(21)9-10-20-15-7-6-14(18)11-13(15)5-8-17(20)22/h6-7,11-12H,3-5,8-10H2,1-2H3,(H,19,21)/t12-/m1/s1. The van der Waals surface area contributed by atoms with E-state index in [4.69, 9.17) is 0 Å². The molecule has 0 aromatic heterocycles. The number of benzene rings is 1. The third-order valence-electron chi connectivity index (χ3n) is 3.93. The monoisotopic (exact) mass is 306 g/mol. The molecule has 120 valence electrons. The van der Waals surface area contributed by atoms with Crippen LogP contribution in [0.3, 0.4) is 0 Å². The molecule has 4 nitrogen and oxygen atoms in total. The fraction of sp³-hybridized carbons (Fsp3) is 0.529. The first kappa shape index (κ1) is 16.5. The van der Waals surface area contributed by atoms with Gasteiger partial charge in [-0.15, -0.1) is 0 Å². The SMILES string of the molecule is CCC[C@@H](C)NC(=O)CCN1C(=O)CCc2cc(F)ccc21. The molecular formula is C17H23FN2O2. The molecule has 5 heteroatoms. The minimum absolute atomic E-state index is 0.00600. The van der Waals surface area contributed by atoms with E-state index in [1.807, 2.05) is 6.92 Å². The fourth-order valence-corrected chi connectivity index (χ4v) is 2.84. The van der Waals surface area contributed by atoms with Crippen LogP contribution in [0, 0.1) is 5.82 Å². The van der Waals surface area contributed by atoms with E-state index < -0.39 is 0 Å². The zero-order chi connectivity index (χ0) is 16.1. The van der Waals surface area contributed by atoms with Gasteiger partial charge in [-0.1, -0.05) is 13.3 Å². The van der Waals surface area contributed by atoms with Gasteiger partial charge >= 0.3 is 0 Å². The topological polar surface area (TPSA) is 49.4 Å². The minimum Gasteiger partial charge on any atom is -0.354 e. The largest absolute Gasteiger partial charge is 0.354 e. The Morgan fingerprint density at radius 1 is 1.41 bits per heavy atom. The van der Waals surface area contributed by atoms with Gasteiger partial charge in [-0.05, 0) is 43.5 Å². The first-order chi connectivity index (χ1) is 10.5. The van der Waals surface area contributed by atoms with Gasteiger partial charge in [-0.3, -0.25) is 9.59 Å². The quantitative estimate of drug-likeness (QED) is 0.878. The van der Waals surface area contributed by atoms with Gasteiger partial charge < -0.3 is 10.2 Å². The first-order valence-electron chi connectivity index (χ1n) is 7.89. The molecule has 0 bridgehead atoms. The number of anilines is 1. The predicted molar refractivity (Wildman–Crippen MR) is 84.2 cm³/mol. The molecule has 1 aliphatic rings. The van der Waals surface area contributed by atoms with Gasteiger partial charge in [-0.25, -0.2) is 4.39 Å². The number of amides is 2. The first-order valence-corrected chi connectivity index (χ1v) is 7.89. The lowest BCUT2D eigenvalue weighted by Gasteiger charge is -2.29. The summed E-state index contributed by atoms with van der Waals surface area (Å²) < 4.78 is 13.3. The summed E-state index contributed by atoms with van der Waals surface area (Å²) >= 11 is 0.